The second kappa shape index (κ2) is 3.02. The van der Waals surface area contributed by atoms with E-state index in [1.165, 1.54) is 6.42 Å². The molecule has 0 bridgehead atoms. The average molecular weight is 174 g/mol. The van der Waals surface area contributed by atoms with Crippen LogP contribution in [-0.4, -0.2) is 16.0 Å². The molecular formula is C9H10N4. The summed E-state index contributed by atoms with van der Waals surface area (Å²) >= 11 is 0. The first-order valence-electron chi connectivity index (χ1n) is 4.29. The van der Waals surface area contributed by atoms with Crippen LogP contribution in [0.1, 0.15) is 19.2 Å². The van der Waals surface area contributed by atoms with Gasteiger partial charge in [0.05, 0.1) is 0 Å². The van der Waals surface area contributed by atoms with Gasteiger partial charge in [-0.05, 0) is 18.4 Å². The van der Waals surface area contributed by atoms with Crippen molar-refractivity contribution in [3.05, 3.63) is 18.1 Å². The van der Waals surface area contributed by atoms with Gasteiger partial charge in [0.15, 0.2) is 0 Å². The predicted octanol–water partition coefficient (Wildman–Crippen LogP) is 1.17. The molecule has 0 aromatic carbocycles. The van der Waals surface area contributed by atoms with E-state index >= 15 is 0 Å². The van der Waals surface area contributed by atoms with Crippen LogP contribution in [0.25, 0.3) is 0 Å². The maximum absolute atomic E-state index is 8.56. The highest BCUT2D eigenvalue weighted by molar-refractivity contribution is 5.37. The minimum Gasteiger partial charge on any atom is -0.367 e. The van der Waals surface area contributed by atoms with Crippen molar-refractivity contribution in [1.82, 2.24) is 9.97 Å². The highest BCUT2D eigenvalue weighted by atomic mass is 15.1. The first kappa shape index (κ1) is 7.99. The van der Waals surface area contributed by atoms with Crippen molar-refractivity contribution in [1.29, 1.82) is 5.26 Å². The topological polar surface area (TPSA) is 61.6 Å². The fourth-order valence-corrected chi connectivity index (χ4v) is 1.21. The molecule has 1 heterocycles. The summed E-state index contributed by atoms with van der Waals surface area (Å²) in [7, 11) is 0. The first-order chi connectivity index (χ1) is 6.29. The van der Waals surface area contributed by atoms with Crippen LogP contribution < -0.4 is 5.32 Å². The van der Waals surface area contributed by atoms with Gasteiger partial charge in [0.1, 0.15) is 11.9 Å². The molecule has 1 aromatic rings. The molecule has 2 atom stereocenters. The Labute approximate surface area is 76.6 Å². The zero-order valence-electron chi connectivity index (χ0n) is 7.36. The summed E-state index contributed by atoms with van der Waals surface area (Å²) in [6.45, 7) is 2.18. The second-order valence-electron chi connectivity index (χ2n) is 3.34. The van der Waals surface area contributed by atoms with Gasteiger partial charge >= 0.3 is 0 Å². The molecule has 1 aromatic heterocycles. The van der Waals surface area contributed by atoms with Crippen molar-refractivity contribution >= 4 is 5.82 Å². The van der Waals surface area contributed by atoms with E-state index in [0.717, 1.165) is 11.7 Å². The number of nitrogens with zero attached hydrogens (tertiary/aromatic N) is 3. The molecule has 1 fully saturated rings. The van der Waals surface area contributed by atoms with Crippen LogP contribution in [0.3, 0.4) is 0 Å². The fraction of sp³-hybridized carbons (Fsp3) is 0.444. The SMILES string of the molecule is CC1CC1Nc1ccnc(C#N)n1. The zero-order valence-corrected chi connectivity index (χ0v) is 7.36. The molecule has 0 spiro atoms. The van der Waals surface area contributed by atoms with Gasteiger partial charge in [-0.25, -0.2) is 9.97 Å². The van der Waals surface area contributed by atoms with E-state index in [1.54, 1.807) is 12.3 Å². The maximum atomic E-state index is 8.56. The lowest BCUT2D eigenvalue weighted by Crippen LogP contribution is -2.06. The van der Waals surface area contributed by atoms with Crippen LogP contribution in [0.5, 0.6) is 0 Å². The van der Waals surface area contributed by atoms with Crippen LogP contribution in [0.2, 0.25) is 0 Å². The van der Waals surface area contributed by atoms with Crippen molar-refractivity contribution in [3.63, 3.8) is 0 Å². The number of anilines is 1. The molecule has 4 heteroatoms. The average Bonchev–Trinajstić information content (AvgIpc) is 2.82. The highest BCUT2D eigenvalue weighted by Crippen LogP contribution is 2.31. The van der Waals surface area contributed by atoms with E-state index in [9.17, 15) is 0 Å². The number of nitriles is 1. The minimum atomic E-state index is 0.221. The van der Waals surface area contributed by atoms with E-state index in [0.29, 0.717) is 6.04 Å². The molecule has 13 heavy (non-hydrogen) atoms. The minimum absolute atomic E-state index is 0.221. The van der Waals surface area contributed by atoms with Crippen molar-refractivity contribution in [3.8, 4) is 6.07 Å². The van der Waals surface area contributed by atoms with Gasteiger partial charge in [-0.3, -0.25) is 0 Å². The summed E-state index contributed by atoms with van der Waals surface area (Å²) in [5.41, 5.74) is 0. The normalized spacial score (nSPS) is 24.9. The number of hydrogen-bond acceptors (Lipinski definition) is 4. The molecular weight excluding hydrogens is 164 g/mol. The standard InChI is InChI=1S/C9H10N4/c1-6-4-7(6)12-8-2-3-11-9(5-10)13-8/h2-3,6-7H,4H2,1H3,(H,11,12,13). The van der Waals surface area contributed by atoms with Gasteiger partial charge in [0.25, 0.3) is 0 Å². The van der Waals surface area contributed by atoms with Crippen LogP contribution in [0.4, 0.5) is 5.82 Å². The molecule has 1 saturated carbocycles. The monoisotopic (exact) mass is 174 g/mol. The molecule has 1 N–H and O–H groups in total. The molecule has 0 amide bonds. The van der Waals surface area contributed by atoms with E-state index in [1.807, 2.05) is 6.07 Å². The third kappa shape index (κ3) is 1.75. The van der Waals surface area contributed by atoms with E-state index < -0.39 is 0 Å². The molecule has 2 unspecified atom stereocenters. The van der Waals surface area contributed by atoms with Crippen LogP contribution in [-0.2, 0) is 0 Å². The Morgan fingerprint density at radius 2 is 2.46 bits per heavy atom. The number of hydrogen-bond donors (Lipinski definition) is 1. The molecule has 0 aliphatic heterocycles. The van der Waals surface area contributed by atoms with E-state index in [2.05, 4.69) is 22.2 Å². The molecule has 0 saturated heterocycles. The lowest BCUT2D eigenvalue weighted by molar-refractivity contribution is 0.920. The molecule has 2 rings (SSSR count). The van der Waals surface area contributed by atoms with E-state index in [4.69, 9.17) is 5.26 Å². The van der Waals surface area contributed by atoms with Gasteiger partial charge in [-0.15, -0.1) is 0 Å². The van der Waals surface area contributed by atoms with Gasteiger partial charge in [0.2, 0.25) is 5.82 Å². The van der Waals surface area contributed by atoms with Crippen molar-refractivity contribution < 1.29 is 0 Å². The summed E-state index contributed by atoms with van der Waals surface area (Å²) in [5, 5.41) is 11.8. The van der Waals surface area contributed by atoms with Crippen LogP contribution in [0.15, 0.2) is 12.3 Å². The molecule has 1 aliphatic rings. The lowest BCUT2D eigenvalue weighted by atomic mass is 10.4. The smallest absolute Gasteiger partial charge is 0.234 e. The molecule has 0 radical (unpaired) electrons. The number of aromatic nitrogens is 2. The van der Waals surface area contributed by atoms with E-state index in [-0.39, 0.29) is 5.82 Å². The Kier molecular flexibility index (Phi) is 1.85. The second-order valence-corrected chi connectivity index (χ2v) is 3.34. The summed E-state index contributed by atoms with van der Waals surface area (Å²) in [6, 6.07) is 4.22. The molecule has 66 valence electrons. The van der Waals surface area contributed by atoms with Crippen LogP contribution in [0, 0.1) is 17.2 Å². The molecule has 4 nitrogen and oxygen atoms in total. The van der Waals surface area contributed by atoms with Crippen molar-refractivity contribution in [2.45, 2.75) is 19.4 Å². The Balaban J connectivity index is 2.08. The number of nitrogens with one attached hydrogen (secondary N) is 1. The Morgan fingerprint density at radius 1 is 1.69 bits per heavy atom. The van der Waals surface area contributed by atoms with Crippen molar-refractivity contribution in [2.75, 3.05) is 5.32 Å². The summed E-state index contributed by atoms with van der Waals surface area (Å²) < 4.78 is 0. The third-order valence-electron chi connectivity index (χ3n) is 2.20. The number of rotatable bonds is 2. The maximum Gasteiger partial charge on any atom is 0.234 e. The summed E-state index contributed by atoms with van der Waals surface area (Å²) in [4.78, 5) is 7.81. The third-order valence-corrected chi connectivity index (χ3v) is 2.20. The lowest BCUT2D eigenvalue weighted by Gasteiger charge is -2.02. The largest absolute Gasteiger partial charge is 0.367 e. The zero-order chi connectivity index (χ0) is 9.26. The summed E-state index contributed by atoms with van der Waals surface area (Å²) in [5.74, 6) is 1.69. The predicted molar refractivity (Wildman–Crippen MR) is 47.9 cm³/mol. The van der Waals surface area contributed by atoms with Crippen LogP contribution >= 0.6 is 0 Å². The molecule has 1 aliphatic carbocycles. The Morgan fingerprint density at radius 3 is 3.08 bits per heavy atom. The summed E-state index contributed by atoms with van der Waals surface area (Å²) in [6.07, 6.45) is 2.78. The van der Waals surface area contributed by atoms with Gasteiger partial charge in [-0.2, -0.15) is 5.26 Å². The Bertz CT molecular complexity index is 355. The van der Waals surface area contributed by atoms with Gasteiger partial charge in [0, 0.05) is 12.2 Å². The highest BCUT2D eigenvalue weighted by Gasteiger charge is 2.32. The van der Waals surface area contributed by atoms with Gasteiger partial charge in [-0.1, -0.05) is 6.92 Å². The quantitative estimate of drug-likeness (QED) is 0.731. The van der Waals surface area contributed by atoms with Crippen molar-refractivity contribution in [2.24, 2.45) is 5.92 Å². The Hall–Kier alpha value is -1.63. The first-order valence-corrected chi connectivity index (χ1v) is 4.29. The fourth-order valence-electron chi connectivity index (χ4n) is 1.21. The van der Waals surface area contributed by atoms with Gasteiger partial charge < -0.3 is 5.32 Å².